The van der Waals surface area contributed by atoms with Crippen molar-refractivity contribution in [2.24, 2.45) is 5.92 Å². The quantitative estimate of drug-likeness (QED) is 0.835. The number of carboxylic acids is 1. The monoisotopic (exact) mass is 264 g/mol. The van der Waals surface area contributed by atoms with Crippen molar-refractivity contribution in [2.75, 3.05) is 32.0 Å². The van der Waals surface area contributed by atoms with E-state index in [2.05, 4.69) is 27.2 Å². The van der Waals surface area contributed by atoms with Crippen molar-refractivity contribution in [1.29, 1.82) is 0 Å². The number of nitrogens with zero attached hydrogens (tertiary/aromatic N) is 3. The Morgan fingerprint density at radius 2 is 2.21 bits per heavy atom. The van der Waals surface area contributed by atoms with Gasteiger partial charge in [-0.3, -0.25) is 4.98 Å². The van der Waals surface area contributed by atoms with Gasteiger partial charge in [0.15, 0.2) is 5.69 Å². The second kappa shape index (κ2) is 6.47. The molecule has 6 heteroatoms. The second-order valence-corrected chi connectivity index (χ2v) is 5.06. The van der Waals surface area contributed by atoms with Crippen LogP contribution in [-0.2, 0) is 0 Å². The number of carbonyl (C=O) groups is 1. The predicted octanol–water partition coefficient (Wildman–Crippen LogP) is 1.32. The van der Waals surface area contributed by atoms with Crippen LogP contribution in [-0.4, -0.2) is 52.6 Å². The molecule has 0 saturated carbocycles. The lowest BCUT2D eigenvalue weighted by Crippen LogP contribution is -2.30. The zero-order valence-corrected chi connectivity index (χ0v) is 11.2. The molecule has 0 radical (unpaired) electrons. The average Bonchev–Trinajstić information content (AvgIpc) is 2.41. The van der Waals surface area contributed by atoms with Gasteiger partial charge in [0, 0.05) is 6.54 Å². The number of carboxylic acid groups (broad SMARTS) is 1. The summed E-state index contributed by atoms with van der Waals surface area (Å²) in [4.78, 5) is 21.0. The van der Waals surface area contributed by atoms with Crippen LogP contribution in [0, 0.1) is 5.92 Å². The first-order valence-electron chi connectivity index (χ1n) is 6.63. The third-order valence-corrected chi connectivity index (χ3v) is 3.55. The predicted molar refractivity (Wildman–Crippen MR) is 72.3 cm³/mol. The van der Waals surface area contributed by atoms with Gasteiger partial charge in [0.25, 0.3) is 0 Å². The fourth-order valence-electron chi connectivity index (χ4n) is 2.31. The van der Waals surface area contributed by atoms with E-state index < -0.39 is 5.97 Å². The molecule has 1 aromatic rings. The van der Waals surface area contributed by atoms with E-state index in [4.69, 9.17) is 5.11 Å². The van der Waals surface area contributed by atoms with E-state index in [-0.39, 0.29) is 5.69 Å². The molecule has 19 heavy (non-hydrogen) atoms. The lowest BCUT2D eigenvalue weighted by Gasteiger charge is -2.28. The summed E-state index contributed by atoms with van der Waals surface area (Å²) in [5.41, 5.74) is -0.0238. The summed E-state index contributed by atoms with van der Waals surface area (Å²) in [6.07, 6.45) is 6.37. The highest BCUT2D eigenvalue weighted by Gasteiger charge is 2.16. The van der Waals surface area contributed by atoms with Crippen LogP contribution < -0.4 is 5.32 Å². The molecule has 1 saturated heterocycles. The number of anilines is 1. The molecule has 104 valence electrons. The SMILES string of the molecule is CN1CCC(CCNc2cncc(C(=O)O)n2)CC1. The highest BCUT2D eigenvalue weighted by molar-refractivity contribution is 5.85. The molecule has 0 amide bonds. The Kier molecular flexibility index (Phi) is 4.68. The van der Waals surface area contributed by atoms with Crippen LogP contribution in [0.2, 0.25) is 0 Å². The van der Waals surface area contributed by atoms with Crippen LogP contribution in [0.5, 0.6) is 0 Å². The van der Waals surface area contributed by atoms with Gasteiger partial charge in [0.05, 0.1) is 12.4 Å². The number of aromatic nitrogens is 2. The van der Waals surface area contributed by atoms with Crippen molar-refractivity contribution >= 4 is 11.8 Å². The molecule has 0 unspecified atom stereocenters. The summed E-state index contributed by atoms with van der Waals surface area (Å²) in [6.45, 7) is 3.14. The van der Waals surface area contributed by atoms with Crippen molar-refractivity contribution in [2.45, 2.75) is 19.3 Å². The summed E-state index contributed by atoms with van der Waals surface area (Å²) in [6, 6.07) is 0. The summed E-state index contributed by atoms with van der Waals surface area (Å²) < 4.78 is 0. The average molecular weight is 264 g/mol. The Bertz CT molecular complexity index is 430. The zero-order chi connectivity index (χ0) is 13.7. The largest absolute Gasteiger partial charge is 0.476 e. The minimum atomic E-state index is -1.05. The molecule has 0 spiro atoms. The molecule has 1 fully saturated rings. The van der Waals surface area contributed by atoms with Crippen LogP contribution in [0.15, 0.2) is 12.4 Å². The maximum absolute atomic E-state index is 10.8. The van der Waals surface area contributed by atoms with Crippen molar-refractivity contribution in [3.05, 3.63) is 18.1 Å². The van der Waals surface area contributed by atoms with E-state index in [1.54, 1.807) is 6.20 Å². The van der Waals surface area contributed by atoms with Gasteiger partial charge in [-0.05, 0) is 45.3 Å². The van der Waals surface area contributed by atoms with Crippen molar-refractivity contribution in [1.82, 2.24) is 14.9 Å². The number of likely N-dealkylation sites (tertiary alicyclic amines) is 1. The Balaban J connectivity index is 1.76. The van der Waals surface area contributed by atoms with E-state index in [0.717, 1.165) is 18.9 Å². The summed E-state index contributed by atoms with van der Waals surface area (Å²) >= 11 is 0. The lowest BCUT2D eigenvalue weighted by atomic mass is 9.94. The zero-order valence-electron chi connectivity index (χ0n) is 11.2. The Labute approximate surface area is 112 Å². The molecule has 6 nitrogen and oxygen atoms in total. The fourth-order valence-corrected chi connectivity index (χ4v) is 2.31. The van der Waals surface area contributed by atoms with Crippen LogP contribution in [0.1, 0.15) is 29.8 Å². The Hall–Kier alpha value is -1.69. The molecule has 0 aromatic carbocycles. The van der Waals surface area contributed by atoms with Crippen LogP contribution in [0.3, 0.4) is 0 Å². The van der Waals surface area contributed by atoms with Gasteiger partial charge in [-0.25, -0.2) is 9.78 Å². The third-order valence-electron chi connectivity index (χ3n) is 3.55. The molecule has 1 aliphatic heterocycles. The Morgan fingerprint density at radius 1 is 1.47 bits per heavy atom. The second-order valence-electron chi connectivity index (χ2n) is 5.06. The highest BCUT2D eigenvalue weighted by atomic mass is 16.4. The van der Waals surface area contributed by atoms with Crippen LogP contribution >= 0.6 is 0 Å². The topological polar surface area (TPSA) is 78.4 Å². The third kappa shape index (κ3) is 4.17. The molecule has 0 bridgehead atoms. The highest BCUT2D eigenvalue weighted by Crippen LogP contribution is 2.19. The van der Waals surface area contributed by atoms with Crippen molar-refractivity contribution in [3.63, 3.8) is 0 Å². The van der Waals surface area contributed by atoms with E-state index in [1.165, 1.54) is 32.1 Å². The van der Waals surface area contributed by atoms with Gasteiger partial charge in [0.1, 0.15) is 5.82 Å². The van der Waals surface area contributed by atoms with E-state index in [9.17, 15) is 4.79 Å². The first kappa shape index (κ1) is 13.7. The van der Waals surface area contributed by atoms with Crippen LogP contribution in [0.4, 0.5) is 5.82 Å². The van der Waals surface area contributed by atoms with Crippen molar-refractivity contribution < 1.29 is 9.90 Å². The number of hydrogen-bond acceptors (Lipinski definition) is 5. The normalized spacial score (nSPS) is 17.3. The molecule has 2 heterocycles. The maximum Gasteiger partial charge on any atom is 0.356 e. The first-order chi connectivity index (χ1) is 9.15. The number of piperidine rings is 1. The summed E-state index contributed by atoms with van der Waals surface area (Å²) in [7, 11) is 2.15. The van der Waals surface area contributed by atoms with Gasteiger partial charge in [-0.2, -0.15) is 0 Å². The van der Waals surface area contributed by atoms with E-state index in [1.807, 2.05) is 0 Å². The minimum Gasteiger partial charge on any atom is -0.476 e. The summed E-state index contributed by atoms with van der Waals surface area (Å²) in [5, 5.41) is 12.0. The standard InChI is InChI=1S/C13H20N4O2/c1-17-6-3-10(4-7-17)2-5-15-12-9-14-8-11(16-12)13(18)19/h8-10H,2-7H2,1H3,(H,15,16)(H,18,19). The lowest BCUT2D eigenvalue weighted by molar-refractivity contribution is 0.0690. The number of rotatable bonds is 5. The van der Waals surface area contributed by atoms with Gasteiger partial charge in [-0.15, -0.1) is 0 Å². The summed E-state index contributed by atoms with van der Waals surface area (Å²) in [5.74, 6) is 0.235. The number of hydrogen-bond donors (Lipinski definition) is 2. The first-order valence-corrected chi connectivity index (χ1v) is 6.63. The van der Waals surface area contributed by atoms with E-state index >= 15 is 0 Å². The fraction of sp³-hybridized carbons (Fsp3) is 0.615. The molecular weight excluding hydrogens is 244 g/mol. The Morgan fingerprint density at radius 3 is 2.89 bits per heavy atom. The van der Waals surface area contributed by atoms with Gasteiger partial charge in [0.2, 0.25) is 0 Å². The smallest absolute Gasteiger partial charge is 0.356 e. The van der Waals surface area contributed by atoms with Crippen molar-refractivity contribution in [3.8, 4) is 0 Å². The minimum absolute atomic E-state index is 0.0238. The number of nitrogens with one attached hydrogen (secondary N) is 1. The molecule has 0 atom stereocenters. The molecule has 1 aromatic heterocycles. The van der Waals surface area contributed by atoms with Gasteiger partial charge >= 0.3 is 5.97 Å². The maximum atomic E-state index is 10.8. The van der Waals surface area contributed by atoms with E-state index in [0.29, 0.717) is 5.82 Å². The number of aromatic carboxylic acids is 1. The molecule has 2 N–H and O–H groups in total. The van der Waals surface area contributed by atoms with Crippen LogP contribution in [0.25, 0.3) is 0 Å². The molecule has 2 rings (SSSR count). The molecule has 0 aliphatic carbocycles. The molecular formula is C13H20N4O2. The van der Waals surface area contributed by atoms with Gasteiger partial charge in [-0.1, -0.05) is 0 Å². The molecule has 1 aliphatic rings. The van der Waals surface area contributed by atoms with Gasteiger partial charge < -0.3 is 15.3 Å².